The van der Waals surface area contributed by atoms with Crippen LogP contribution in [0.1, 0.15) is 25.0 Å². The van der Waals surface area contributed by atoms with E-state index in [0.717, 1.165) is 42.9 Å². The standard InChI is InChI=1S/C17H18N4O/c1-22-16-8-4-3-7-14(16)15-11-13(12-18)19-17(20-15)21-9-5-2-6-10-21/h3-4,7-8,11H,2,5-6,9-10H2,1H3. The first-order chi connectivity index (χ1) is 10.8. The number of anilines is 1. The minimum atomic E-state index is 0.386. The molecule has 0 radical (unpaired) electrons. The van der Waals surface area contributed by atoms with Crippen LogP contribution in [0.5, 0.6) is 5.75 Å². The fourth-order valence-electron chi connectivity index (χ4n) is 2.72. The quantitative estimate of drug-likeness (QED) is 0.870. The number of nitrogens with zero attached hydrogens (tertiary/aromatic N) is 4. The summed E-state index contributed by atoms with van der Waals surface area (Å²) in [5.41, 5.74) is 1.99. The maximum Gasteiger partial charge on any atom is 0.227 e. The molecule has 1 aliphatic heterocycles. The molecule has 5 nitrogen and oxygen atoms in total. The second kappa shape index (κ2) is 6.44. The number of aromatic nitrogens is 2. The second-order valence-corrected chi connectivity index (χ2v) is 5.30. The van der Waals surface area contributed by atoms with E-state index in [1.165, 1.54) is 6.42 Å². The summed E-state index contributed by atoms with van der Waals surface area (Å²) >= 11 is 0. The van der Waals surface area contributed by atoms with Crippen LogP contribution >= 0.6 is 0 Å². The molecule has 0 bridgehead atoms. The van der Waals surface area contributed by atoms with Crippen molar-refractivity contribution in [3.63, 3.8) is 0 Å². The highest BCUT2D eigenvalue weighted by atomic mass is 16.5. The Hall–Kier alpha value is -2.61. The van der Waals surface area contributed by atoms with Gasteiger partial charge in [-0.1, -0.05) is 12.1 Å². The Bertz CT molecular complexity index is 702. The summed E-state index contributed by atoms with van der Waals surface area (Å²) in [6, 6.07) is 11.5. The van der Waals surface area contributed by atoms with Crippen LogP contribution in [0.25, 0.3) is 11.3 Å². The summed E-state index contributed by atoms with van der Waals surface area (Å²) in [6.45, 7) is 1.89. The predicted molar refractivity (Wildman–Crippen MR) is 84.8 cm³/mol. The van der Waals surface area contributed by atoms with Crippen LogP contribution in [0.15, 0.2) is 30.3 Å². The summed E-state index contributed by atoms with van der Waals surface area (Å²) in [7, 11) is 1.64. The lowest BCUT2D eigenvalue weighted by Crippen LogP contribution is -2.31. The van der Waals surface area contributed by atoms with Crippen LogP contribution in [0.2, 0.25) is 0 Å². The molecule has 112 valence electrons. The number of methoxy groups -OCH3 is 1. The molecule has 1 aliphatic rings. The fraction of sp³-hybridized carbons (Fsp3) is 0.353. The van der Waals surface area contributed by atoms with Crippen LogP contribution in [0, 0.1) is 11.3 Å². The number of piperidine rings is 1. The number of hydrogen-bond acceptors (Lipinski definition) is 5. The molecule has 0 aliphatic carbocycles. The highest BCUT2D eigenvalue weighted by Gasteiger charge is 2.17. The molecule has 22 heavy (non-hydrogen) atoms. The van der Waals surface area contributed by atoms with Crippen molar-refractivity contribution < 1.29 is 4.74 Å². The van der Waals surface area contributed by atoms with E-state index in [1.54, 1.807) is 13.2 Å². The van der Waals surface area contributed by atoms with Crippen molar-refractivity contribution >= 4 is 5.95 Å². The Kier molecular flexibility index (Phi) is 4.19. The van der Waals surface area contributed by atoms with E-state index in [0.29, 0.717) is 11.6 Å². The molecule has 0 unspecified atom stereocenters. The molecular formula is C17H18N4O. The average molecular weight is 294 g/mol. The van der Waals surface area contributed by atoms with Gasteiger partial charge in [-0.2, -0.15) is 5.26 Å². The maximum atomic E-state index is 9.27. The van der Waals surface area contributed by atoms with Crippen molar-refractivity contribution in [1.29, 1.82) is 5.26 Å². The van der Waals surface area contributed by atoms with Crippen LogP contribution in [-0.4, -0.2) is 30.2 Å². The molecule has 1 aromatic carbocycles. The van der Waals surface area contributed by atoms with Crippen molar-refractivity contribution in [1.82, 2.24) is 9.97 Å². The lowest BCUT2D eigenvalue weighted by Gasteiger charge is -2.27. The monoisotopic (exact) mass is 294 g/mol. The molecule has 1 saturated heterocycles. The zero-order chi connectivity index (χ0) is 15.4. The van der Waals surface area contributed by atoms with Gasteiger partial charge in [-0.3, -0.25) is 0 Å². The lowest BCUT2D eigenvalue weighted by molar-refractivity contribution is 0.416. The smallest absolute Gasteiger partial charge is 0.227 e. The van der Waals surface area contributed by atoms with Crippen LogP contribution in [0.4, 0.5) is 5.95 Å². The van der Waals surface area contributed by atoms with Gasteiger partial charge in [0.1, 0.15) is 17.5 Å². The molecule has 0 amide bonds. The molecule has 2 heterocycles. The minimum Gasteiger partial charge on any atom is -0.496 e. The van der Waals surface area contributed by atoms with Gasteiger partial charge in [0.2, 0.25) is 5.95 Å². The third-order valence-corrected chi connectivity index (χ3v) is 3.85. The molecule has 1 aromatic heterocycles. The summed E-state index contributed by atoms with van der Waals surface area (Å²) in [4.78, 5) is 11.2. The zero-order valence-electron chi connectivity index (χ0n) is 12.6. The zero-order valence-corrected chi connectivity index (χ0v) is 12.6. The largest absolute Gasteiger partial charge is 0.496 e. The van der Waals surface area contributed by atoms with Gasteiger partial charge in [0.05, 0.1) is 12.8 Å². The molecule has 1 fully saturated rings. The van der Waals surface area contributed by atoms with E-state index in [9.17, 15) is 5.26 Å². The fourth-order valence-corrected chi connectivity index (χ4v) is 2.72. The molecule has 5 heteroatoms. The normalized spacial score (nSPS) is 14.5. The highest BCUT2D eigenvalue weighted by Crippen LogP contribution is 2.30. The Balaban J connectivity index is 2.06. The molecule has 0 spiro atoms. The topological polar surface area (TPSA) is 62.0 Å². The van der Waals surface area contributed by atoms with E-state index in [-0.39, 0.29) is 0 Å². The maximum absolute atomic E-state index is 9.27. The van der Waals surface area contributed by atoms with Gasteiger partial charge < -0.3 is 9.64 Å². The predicted octanol–water partition coefficient (Wildman–Crippen LogP) is 3.01. The number of hydrogen-bond donors (Lipinski definition) is 0. The third-order valence-electron chi connectivity index (χ3n) is 3.85. The first-order valence-electron chi connectivity index (χ1n) is 7.49. The summed E-state index contributed by atoms with van der Waals surface area (Å²) < 4.78 is 5.40. The Morgan fingerprint density at radius 1 is 1.14 bits per heavy atom. The Labute approximate surface area is 130 Å². The summed E-state index contributed by atoms with van der Waals surface area (Å²) in [5.74, 6) is 1.38. The van der Waals surface area contributed by atoms with E-state index in [4.69, 9.17) is 4.74 Å². The molecule has 3 rings (SSSR count). The van der Waals surface area contributed by atoms with Crippen LogP contribution < -0.4 is 9.64 Å². The number of rotatable bonds is 3. The van der Waals surface area contributed by atoms with Gasteiger partial charge in [-0.25, -0.2) is 9.97 Å². The van der Waals surface area contributed by atoms with E-state index in [1.807, 2.05) is 24.3 Å². The summed E-state index contributed by atoms with van der Waals surface area (Å²) in [5, 5.41) is 9.27. The van der Waals surface area contributed by atoms with Gasteiger partial charge >= 0.3 is 0 Å². The van der Waals surface area contributed by atoms with Crippen molar-refractivity contribution in [2.24, 2.45) is 0 Å². The van der Waals surface area contributed by atoms with E-state index >= 15 is 0 Å². The third kappa shape index (κ3) is 2.86. The minimum absolute atomic E-state index is 0.386. The van der Waals surface area contributed by atoms with Crippen molar-refractivity contribution in [3.8, 4) is 23.1 Å². The lowest BCUT2D eigenvalue weighted by atomic mass is 10.1. The number of nitriles is 1. The number of para-hydroxylation sites is 1. The molecule has 2 aromatic rings. The number of benzene rings is 1. The Morgan fingerprint density at radius 3 is 2.64 bits per heavy atom. The molecule has 0 saturated carbocycles. The van der Waals surface area contributed by atoms with Crippen molar-refractivity contribution in [3.05, 3.63) is 36.0 Å². The number of ether oxygens (including phenoxy) is 1. The summed E-state index contributed by atoms with van der Waals surface area (Å²) in [6.07, 6.45) is 3.53. The van der Waals surface area contributed by atoms with Crippen LogP contribution in [-0.2, 0) is 0 Å². The van der Waals surface area contributed by atoms with Gasteiger partial charge in [-0.05, 0) is 31.4 Å². The van der Waals surface area contributed by atoms with Gasteiger partial charge in [0, 0.05) is 24.7 Å². The van der Waals surface area contributed by atoms with E-state index in [2.05, 4.69) is 20.9 Å². The molecule has 0 atom stereocenters. The van der Waals surface area contributed by atoms with Gasteiger partial charge in [0.15, 0.2) is 0 Å². The SMILES string of the molecule is COc1ccccc1-c1cc(C#N)nc(N2CCCCC2)n1. The Morgan fingerprint density at radius 2 is 1.91 bits per heavy atom. The first-order valence-corrected chi connectivity index (χ1v) is 7.49. The van der Waals surface area contributed by atoms with Crippen LogP contribution in [0.3, 0.4) is 0 Å². The van der Waals surface area contributed by atoms with Crippen molar-refractivity contribution in [2.75, 3.05) is 25.1 Å². The highest BCUT2D eigenvalue weighted by molar-refractivity contribution is 5.68. The van der Waals surface area contributed by atoms with Crippen molar-refractivity contribution in [2.45, 2.75) is 19.3 Å². The second-order valence-electron chi connectivity index (χ2n) is 5.30. The average Bonchev–Trinajstić information content (AvgIpc) is 2.62. The molecular weight excluding hydrogens is 276 g/mol. The first kappa shape index (κ1) is 14.3. The van der Waals surface area contributed by atoms with Gasteiger partial charge in [-0.15, -0.1) is 0 Å². The molecule has 0 N–H and O–H groups in total. The van der Waals surface area contributed by atoms with E-state index < -0.39 is 0 Å². The van der Waals surface area contributed by atoms with Gasteiger partial charge in [0.25, 0.3) is 0 Å².